The summed E-state index contributed by atoms with van der Waals surface area (Å²) in [4.78, 5) is 13.4. The largest absolute Gasteiger partial charge is 0.360 e. The van der Waals surface area contributed by atoms with Crippen LogP contribution in [-0.4, -0.2) is 35.6 Å². The van der Waals surface area contributed by atoms with Crippen LogP contribution in [0.4, 0.5) is 10.1 Å². The van der Waals surface area contributed by atoms with E-state index in [9.17, 15) is 9.18 Å². The monoisotopic (exact) mass is 460 g/mol. The Morgan fingerprint density at radius 3 is 2.55 bits per heavy atom. The molecule has 2 unspecified atom stereocenters. The molecule has 166 valence electrons. The first-order valence-electron chi connectivity index (χ1n) is 10.8. The number of rotatable bonds is 4. The third-order valence-corrected chi connectivity index (χ3v) is 6.41. The third-order valence-electron chi connectivity index (χ3n) is 6.17. The lowest BCUT2D eigenvalue weighted by molar-refractivity contribution is 0.112. The Hall–Kier alpha value is -3.35. The van der Waals surface area contributed by atoms with Crippen molar-refractivity contribution in [3.63, 3.8) is 0 Å². The average Bonchev–Trinajstić information content (AvgIpc) is 2.84. The minimum absolute atomic E-state index is 0.0951. The fourth-order valence-electron chi connectivity index (χ4n) is 4.58. The quantitative estimate of drug-likeness (QED) is 0.411. The molecule has 5 rings (SSSR count). The molecule has 0 saturated carbocycles. The molecule has 0 bridgehead atoms. The molecule has 1 N–H and O–H groups in total. The van der Waals surface area contributed by atoms with E-state index in [0.717, 1.165) is 41.5 Å². The summed E-state index contributed by atoms with van der Waals surface area (Å²) in [6.45, 7) is 3.73. The van der Waals surface area contributed by atoms with Crippen LogP contribution in [0.25, 0.3) is 22.0 Å². The van der Waals surface area contributed by atoms with Crippen LogP contribution in [-0.2, 0) is 0 Å². The van der Waals surface area contributed by atoms with E-state index < -0.39 is 5.82 Å². The standard InChI is InChI=1S/C26H22ClFN4O/c1-16-26(32(13-12-29-16)19-9-6-17(15-33)7-10-19)25-21-5-3-2-4-20(21)24(30-31-25)22-11-8-18(27)14-23(22)28/h2-11,14-16,26,29H,12-13H2,1H3. The van der Waals surface area contributed by atoms with E-state index in [4.69, 9.17) is 11.6 Å². The van der Waals surface area contributed by atoms with Crippen molar-refractivity contribution in [2.45, 2.75) is 19.0 Å². The van der Waals surface area contributed by atoms with Gasteiger partial charge in [-0.3, -0.25) is 4.79 Å². The van der Waals surface area contributed by atoms with E-state index in [-0.39, 0.29) is 12.1 Å². The minimum Gasteiger partial charge on any atom is -0.360 e. The summed E-state index contributed by atoms with van der Waals surface area (Å²) in [5, 5.41) is 14.8. The number of piperazine rings is 1. The van der Waals surface area contributed by atoms with Crippen LogP contribution in [0.3, 0.4) is 0 Å². The van der Waals surface area contributed by atoms with Crippen LogP contribution in [0.1, 0.15) is 29.0 Å². The molecule has 5 nitrogen and oxygen atoms in total. The van der Waals surface area contributed by atoms with Gasteiger partial charge >= 0.3 is 0 Å². The highest BCUT2D eigenvalue weighted by Crippen LogP contribution is 2.37. The molecule has 7 heteroatoms. The van der Waals surface area contributed by atoms with E-state index in [1.165, 1.54) is 6.07 Å². The van der Waals surface area contributed by atoms with Gasteiger partial charge in [-0.25, -0.2) is 4.39 Å². The highest BCUT2D eigenvalue weighted by molar-refractivity contribution is 6.30. The number of nitrogens with one attached hydrogen (secondary N) is 1. The van der Waals surface area contributed by atoms with Crippen molar-refractivity contribution in [1.29, 1.82) is 0 Å². The lowest BCUT2D eigenvalue weighted by Gasteiger charge is -2.42. The van der Waals surface area contributed by atoms with E-state index in [1.807, 2.05) is 48.5 Å². The number of anilines is 1. The molecule has 4 aromatic rings. The highest BCUT2D eigenvalue weighted by atomic mass is 35.5. The van der Waals surface area contributed by atoms with Gasteiger partial charge in [-0.05, 0) is 49.4 Å². The first-order valence-corrected chi connectivity index (χ1v) is 11.2. The second-order valence-electron chi connectivity index (χ2n) is 8.19. The Morgan fingerprint density at radius 2 is 1.82 bits per heavy atom. The number of fused-ring (bicyclic) bond motifs is 1. The van der Waals surface area contributed by atoms with Crippen molar-refractivity contribution in [3.05, 3.63) is 88.8 Å². The van der Waals surface area contributed by atoms with Gasteiger partial charge < -0.3 is 10.2 Å². The van der Waals surface area contributed by atoms with Crippen molar-refractivity contribution in [3.8, 4) is 11.3 Å². The molecule has 1 saturated heterocycles. The molecule has 2 atom stereocenters. The van der Waals surface area contributed by atoms with Crippen LogP contribution < -0.4 is 10.2 Å². The number of benzene rings is 3. The Balaban J connectivity index is 1.65. The maximum Gasteiger partial charge on any atom is 0.150 e. The van der Waals surface area contributed by atoms with Crippen LogP contribution in [0.5, 0.6) is 0 Å². The lowest BCUT2D eigenvalue weighted by Crippen LogP contribution is -2.52. The van der Waals surface area contributed by atoms with Crippen molar-refractivity contribution in [1.82, 2.24) is 15.5 Å². The normalized spacial score (nSPS) is 18.5. The molecule has 33 heavy (non-hydrogen) atoms. The van der Waals surface area contributed by atoms with Crippen molar-refractivity contribution in [2.24, 2.45) is 0 Å². The van der Waals surface area contributed by atoms with Gasteiger partial charge in [0.15, 0.2) is 0 Å². The Bertz CT molecular complexity index is 1330. The number of nitrogens with zero attached hydrogens (tertiary/aromatic N) is 3. The Kier molecular flexibility index (Phi) is 5.79. The van der Waals surface area contributed by atoms with Crippen molar-refractivity contribution < 1.29 is 9.18 Å². The molecule has 1 fully saturated rings. The molecule has 0 spiro atoms. The van der Waals surface area contributed by atoms with Gasteiger partial charge in [0.25, 0.3) is 0 Å². The molecule has 1 aromatic heterocycles. The lowest BCUT2D eigenvalue weighted by atomic mass is 9.94. The summed E-state index contributed by atoms with van der Waals surface area (Å²) in [7, 11) is 0. The molecule has 3 aromatic carbocycles. The predicted octanol–water partition coefficient (Wildman–Crippen LogP) is 5.44. The van der Waals surface area contributed by atoms with Gasteiger partial charge in [0.2, 0.25) is 0 Å². The molecular weight excluding hydrogens is 439 g/mol. The van der Waals surface area contributed by atoms with E-state index in [1.54, 1.807) is 12.1 Å². The third kappa shape index (κ3) is 3.96. The van der Waals surface area contributed by atoms with Crippen LogP contribution >= 0.6 is 11.6 Å². The average molecular weight is 461 g/mol. The zero-order chi connectivity index (χ0) is 22.9. The molecule has 1 aliphatic rings. The zero-order valence-corrected chi connectivity index (χ0v) is 18.8. The summed E-state index contributed by atoms with van der Waals surface area (Å²) < 4.78 is 14.7. The first-order chi connectivity index (χ1) is 16.1. The number of aldehydes is 1. The SMILES string of the molecule is CC1NCCN(c2ccc(C=O)cc2)C1c1nnc(-c2ccc(Cl)cc2F)c2ccccc12. The summed E-state index contributed by atoms with van der Waals surface area (Å²) in [5.41, 5.74) is 3.33. The molecule has 2 heterocycles. The van der Waals surface area contributed by atoms with E-state index in [0.29, 0.717) is 21.8 Å². The minimum atomic E-state index is -0.431. The molecular formula is C26H22ClFN4O. The molecule has 0 amide bonds. The van der Waals surface area contributed by atoms with Gasteiger partial charge in [-0.2, -0.15) is 5.10 Å². The topological polar surface area (TPSA) is 58.1 Å². The highest BCUT2D eigenvalue weighted by Gasteiger charge is 2.33. The van der Waals surface area contributed by atoms with Crippen LogP contribution in [0, 0.1) is 5.82 Å². The van der Waals surface area contributed by atoms with Gasteiger partial charge in [-0.1, -0.05) is 35.9 Å². The number of halogens is 2. The second kappa shape index (κ2) is 8.89. The summed E-state index contributed by atoms with van der Waals surface area (Å²) >= 11 is 5.95. The van der Waals surface area contributed by atoms with Gasteiger partial charge in [0.05, 0.1) is 11.7 Å². The van der Waals surface area contributed by atoms with Crippen LogP contribution in [0.15, 0.2) is 66.7 Å². The van der Waals surface area contributed by atoms with Crippen molar-refractivity contribution in [2.75, 3.05) is 18.0 Å². The maximum absolute atomic E-state index is 14.7. The number of carbonyl (C=O) groups is 1. The first kappa shape index (κ1) is 21.5. The number of carbonyl (C=O) groups excluding carboxylic acids is 1. The fraction of sp³-hybridized carbons (Fsp3) is 0.192. The van der Waals surface area contributed by atoms with Gasteiger partial charge in [0, 0.05) is 51.7 Å². The second-order valence-corrected chi connectivity index (χ2v) is 8.63. The van der Waals surface area contributed by atoms with Gasteiger partial charge in [-0.15, -0.1) is 5.10 Å². The molecule has 0 radical (unpaired) electrons. The Labute approximate surface area is 196 Å². The number of aromatic nitrogens is 2. The fourth-order valence-corrected chi connectivity index (χ4v) is 4.73. The van der Waals surface area contributed by atoms with E-state index in [2.05, 4.69) is 27.3 Å². The zero-order valence-electron chi connectivity index (χ0n) is 18.0. The Morgan fingerprint density at radius 1 is 1.06 bits per heavy atom. The predicted molar refractivity (Wildman–Crippen MR) is 129 cm³/mol. The van der Waals surface area contributed by atoms with Crippen LogP contribution in [0.2, 0.25) is 5.02 Å². The number of hydrogen-bond acceptors (Lipinski definition) is 5. The smallest absolute Gasteiger partial charge is 0.150 e. The molecule has 0 aliphatic carbocycles. The summed E-state index contributed by atoms with van der Waals surface area (Å²) in [6, 6.07) is 20.0. The van der Waals surface area contributed by atoms with Gasteiger partial charge in [0.1, 0.15) is 17.8 Å². The summed E-state index contributed by atoms with van der Waals surface area (Å²) in [5.74, 6) is -0.431. The van der Waals surface area contributed by atoms with E-state index >= 15 is 0 Å². The number of hydrogen-bond donors (Lipinski definition) is 1. The summed E-state index contributed by atoms with van der Waals surface area (Å²) in [6.07, 6.45) is 0.843. The maximum atomic E-state index is 14.7. The van der Waals surface area contributed by atoms with Crippen molar-refractivity contribution >= 4 is 34.3 Å². The molecule has 1 aliphatic heterocycles.